The average Bonchev–Trinajstić information content (AvgIpc) is 2.68. The highest BCUT2D eigenvalue weighted by Crippen LogP contribution is 2.18. The molecule has 0 bridgehead atoms. The average molecular weight is 381 g/mol. The molecule has 0 fully saturated rings. The highest BCUT2D eigenvalue weighted by molar-refractivity contribution is 7.99. The standard InChI is InChI=1S/C20H16FN3O2S/c1-13-2-4-15(5-3-13)20(26)22-18-10-11-19(24-23-18)27-12-17(25)14-6-8-16(21)9-7-14/h2-11H,12H2,1H3,(H,22,23,26). The van der Waals surface area contributed by atoms with Crippen LogP contribution < -0.4 is 5.32 Å². The lowest BCUT2D eigenvalue weighted by Gasteiger charge is -2.05. The number of anilines is 1. The number of hydrogen-bond acceptors (Lipinski definition) is 5. The van der Waals surface area contributed by atoms with Gasteiger partial charge in [0, 0.05) is 11.1 Å². The van der Waals surface area contributed by atoms with E-state index in [1.807, 2.05) is 19.1 Å². The van der Waals surface area contributed by atoms with Crippen LogP contribution in [-0.2, 0) is 0 Å². The minimum absolute atomic E-state index is 0.126. The number of carbonyl (C=O) groups is 2. The number of hydrogen-bond donors (Lipinski definition) is 1. The number of nitrogens with zero attached hydrogens (tertiary/aromatic N) is 2. The molecule has 0 unspecified atom stereocenters. The summed E-state index contributed by atoms with van der Waals surface area (Å²) in [5.41, 5.74) is 2.05. The van der Waals surface area contributed by atoms with E-state index in [-0.39, 0.29) is 23.3 Å². The molecule has 5 nitrogen and oxygen atoms in total. The molecule has 27 heavy (non-hydrogen) atoms. The summed E-state index contributed by atoms with van der Waals surface area (Å²) in [4.78, 5) is 24.2. The second-order valence-corrected chi connectivity index (χ2v) is 6.79. The van der Waals surface area contributed by atoms with Crippen LogP contribution >= 0.6 is 11.8 Å². The highest BCUT2D eigenvalue weighted by atomic mass is 32.2. The fourth-order valence-corrected chi connectivity index (χ4v) is 2.92. The first-order valence-corrected chi connectivity index (χ1v) is 9.13. The molecule has 7 heteroatoms. The second kappa shape index (κ2) is 8.55. The topological polar surface area (TPSA) is 72.0 Å². The van der Waals surface area contributed by atoms with Crippen LogP contribution in [0.25, 0.3) is 0 Å². The minimum atomic E-state index is -0.381. The van der Waals surface area contributed by atoms with Crippen molar-refractivity contribution < 1.29 is 14.0 Å². The number of carbonyl (C=O) groups excluding carboxylic acids is 2. The summed E-state index contributed by atoms with van der Waals surface area (Å²) in [6, 6.07) is 15.9. The maximum absolute atomic E-state index is 12.9. The van der Waals surface area contributed by atoms with E-state index in [0.29, 0.717) is 22.0 Å². The molecule has 0 atom stereocenters. The Morgan fingerprint density at radius 3 is 2.22 bits per heavy atom. The van der Waals surface area contributed by atoms with Crippen molar-refractivity contribution in [2.45, 2.75) is 11.9 Å². The molecule has 0 saturated heterocycles. The Morgan fingerprint density at radius 1 is 0.926 bits per heavy atom. The van der Waals surface area contributed by atoms with Crippen molar-refractivity contribution in [2.75, 3.05) is 11.1 Å². The molecule has 2 aromatic carbocycles. The van der Waals surface area contributed by atoms with Gasteiger partial charge in [0.1, 0.15) is 10.8 Å². The Hall–Kier alpha value is -3.06. The normalized spacial score (nSPS) is 10.4. The highest BCUT2D eigenvalue weighted by Gasteiger charge is 2.10. The van der Waals surface area contributed by atoms with Gasteiger partial charge in [0.15, 0.2) is 11.6 Å². The number of Topliss-reactive ketones (excluding diaryl/α,β-unsaturated/α-hetero) is 1. The molecule has 0 saturated carbocycles. The third-order valence-electron chi connectivity index (χ3n) is 3.71. The van der Waals surface area contributed by atoms with Crippen LogP contribution in [0.15, 0.2) is 65.7 Å². The van der Waals surface area contributed by atoms with Gasteiger partial charge >= 0.3 is 0 Å². The molecule has 0 aliphatic rings. The summed E-state index contributed by atoms with van der Waals surface area (Å²) in [5.74, 6) is -0.284. The SMILES string of the molecule is Cc1ccc(C(=O)Nc2ccc(SCC(=O)c3ccc(F)cc3)nn2)cc1. The van der Waals surface area contributed by atoms with Gasteiger partial charge in [-0.1, -0.05) is 29.5 Å². The quantitative estimate of drug-likeness (QED) is 0.513. The van der Waals surface area contributed by atoms with Crippen molar-refractivity contribution in [2.24, 2.45) is 0 Å². The first-order valence-electron chi connectivity index (χ1n) is 8.14. The van der Waals surface area contributed by atoms with E-state index in [1.165, 1.54) is 36.0 Å². The minimum Gasteiger partial charge on any atom is -0.305 e. The van der Waals surface area contributed by atoms with Gasteiger partial charge in [-0.15, -0.1) is 10.2 Å². The van der Waals surface area contributed by atoms with E-state index in [4.69, 9.17) is 0 Å². The molecular formula is C20H16FN3O2S. The van der Waals surface area contributed by atoms with Crippen LogP contribution in [0.2, 0.25) is 0 Å². The molecule has 1 N–H and O–H groups in total. The van der Waals surface area contributed by atoms with Gasteiger partial charge in [-0.05, 0) is 55.5 Å². The molecule has 0 aliphatic heterocycles. The summed E-state index contributed by atoms with van der Waals surface area (Å²) in [6.07, 6.45) is 0. The zero-order valence-electron chi connectivity index (χ0n) is 14.5. The number of halogens is 1. The largest absolute Gasteiger partial charge is 0.305 e. The van der Waals surface area contributed by atoms with Crippen molar-refractivity contribution >= 4 is 29.3 Å². The van der Waals surface area contributed by atoms with Crippen molar-refractivity contribution in [1.82, 2.24) is 10.2 Å². The fraction of sp³-hybridized carbons (Fsp3) is 0.100. The van der Waals surface area contributed by atoms with E-state index in [9.17, 15) is 14.0 Å². The lowest BCUT2D eigenvalue weighted by molar-refractivity contribution is 0.101. The predicted molar refractivity (Wildman–Crippen MR) is 103 cm³/mol. The Labute approximate surface area is 160 Å². The predicted octanol–water partition coefficient (Wildman–Crippen LogP) is 4.15. The van der Waals surface area contributed by atoms with Crippen LogP contribution in [-0.4, -0.2) is 27.6 Å². The molecule has 1 heterocycles. The van der Waals surface area contributed by atoms with Crippen LogP contribution in [0.4, 0.5) is 10.2 Å². The number of ketones is 1. The zero-order chi connectivity index (χ0) is 19.2. The zero-order valence-corrected chi connectivity index (χ0v) is 15.3. The molecule has 0 aliphatic carbocycles. The number of nitrogens with one attached hydrogen (secondary N) is 1. The van der Waals surface area contributed by atoms with Crippen LogP contribution in [0.1, 0.15) is 26.3 Å². The van der Waals surface area contributed by atoms with Crippen molar-refractivity contribution in [3.63, 3.8) is 0 Å². The number of aromatic nitrogens is 2. The maximum atomic E-state index is 12.9. The van der Waals surface area contributed by atoms with Crippen LogP contribution in [0.3, 0.4) is 0 Å². The second-order valence-electron chi connectivity index (χ2n) is 5.80. The van der Waals surface area contributed by atoms with Gasteiger partial charge in [0.05, 0.1) is 5.75 Å². The molecule has 3 aromatic rings. The Morgan fingerprint density at radius 2 is 1.59 bits per heavy atom. The van der Waals surface area contributed by atoms with Gasteiger partial charge in [-0.25, -0.2) is 4.39 Å². The lowest BCUT2D eigenvalue weighted by Crippen LogP contribution is -2.13. The van der Waals surface area contributed by atoms with Crippen molar-refractivity contribution in [3.05, 3.63) is 83.2 Å². The number of thioether (sulfide) groups is 1. The summed E-state index contributed by atoms with van der Waals surface area (Å²) < 4.78 is 12.9. The molecular weight excluding hydrogens is 365 g/mol. The van der Waals surface area contributed by atoms with Gasteiger partial charge in [0.2, 0.25) is 0 Å². The molecule has 136 valence electrons. The molecule has 0 spiro atoms. The number of aryl methyl sites for hydroxylation is 1. The first kappa shape index (κ1) is 18.7. The third kappa shape index (κ3) is 5.21. The van der Waals surface area contributed by atoms with Gasteiger partial charge in [-0.3, -0.25) is 9.59 Å². The Balaban J connectivity index is 1.55. The monoisotopic (exact) mass is 381 g/mol. The number of amides is 1. The summed E-state index contributed by atoms with van der Waals surface area (Å²) in [5, 5.41) is 11.2. The Kier molecular flexibility index (Phi) is 5.93. The smallest absolute Gasteiger partial charge is 0.256 e. The fourth-order valence-electron chi connectivity index (χ4n) is 2.22. The van der Waals surface area contributed by atoms with E-state index in [0.717, 1.165) is 5.56 Å². The molecule has 1 aromatic heterocycles. The van der Waals surface area contributed by atoms with Crippen LogP contribution in [0.5, 0.6) is 0 Å². The van der Waals surface area contributed by atoms with Crippen LogP contribution in [0, 0.1) is 12.7 Å². The molecule has 1 amide bonds. The maximum Gasteiger partial charge on any atom is 0.256 e. The lowest BCUT2D eigenvalue weighted by atomic mass is 10.1. The summed E-state index contributed by atoms with van der Waals surface area (Å²) in [6.45, 7) is 1.95. The van der Waals surface area contributed by atoms with E-state index < -0.39 is 0 Å². The first-order chi connectivity index (χ1) is 13.0. The van der Waals surface area contributed by atoms with E-state index in [2.05, 4.69) is 15.5 Å². The Bertz CT molecular complexity index is 942. The number of benzene rings is 2. The molecule has 0 radical (unpaired) electrons. The number of rotatable bonds is 6. The van der Waals surface area contributed by atoms with Crippen molar-refractivity contribution in [1.29, 1.82) is 0 Å². The summed E-state index contributed by atoms with van der Waals surface area (Å²) in [7, 11) is 0. The van der Waals surface area contributed by atoms with Gasteiger partial charge < -0.3 is 5.32 Å². The van der Waals surface area contributed by atoms with Gasteiger partial charge in [0.25, 0.3) is 5.91 Å². The van der Waals surface area contributed by atoms with E-state index >= 15 is 0 Å². The third-order valence-corrected chi connectivity index (χ3v) is 4.63. The van der Waals surface area contributed by atoms with Gasteiger partial charge in [-0.2, -0.15) is 0 Å². The van der Waals surface area contributed by atoms with E-state index in [1.54, 1.807) is 24.3 Å². The van der Waals surface area contributed by atoms with Crippen molar-refractivity contribution in [3.8, 4) is 0 Å². The summed E-state index contributed by atoms with van der Waals surface area (Å²) >= 11 is 1.22. The molecule has 3 rings (SSSR count).